The van der Waals surface area contributed by atoms with Crippen molar-refractivity contribution in [3.8, 4) is 0 Å². The Labute approximate surface area is 135 Å². The zero-order valence-electron chi connectivity index (χ0n) is 12.3. The van der Waals surface area contributed by atoms with Gasteiger partial charge in [0, 0.05) is 19.6 Å². The summed E-state index contributed by atoms with van der Waals surface area (Å²) < 4.78 is 0. The third-order valence-electron chi connectivity index (χ3n) is 4.11. The minimum absolute atomic E-state index is 0. The van der Waals surface area contributed by atoms with Crippen molar-refractivity contribution >= 4 is 29.9 Å². The Morgan fingerprint density at radius 2 is 1.79 bits per heavy atom. The Hall–Kier alpha value is 0. The van der Waals surface area contributed by atoms with E-state index < -0.39 is 0 Å². The molecule has 0 heterocycles. The van der Waals surface area contributed by atoms with Crippen LogP contribution in [0, 0.1) is 11.8 Å². The van der Waals surface area contributed by atoms with Crippen LogP contribution in [-0.2, 0) is 0 Å². The van der Waals surface area contributed by atoms with Crippen LogP contribution in [0.5, 0.6) is 0 Å². The molecule has 2 saturated carbocycles. The number of nitrogens with one attached hydrogen (secondary N) is 2. The van der Waals surface area contributed by atoms with Gasteiger partial charge in [0.2, 0.25) is 0 Å². The molecule has 2 rings (SSSR count). The molecule has 0 atom stereocenters. The summed E-state index contributed by atoms with van der Waals surface area (Å²) in [6, 6.07) is 0. The van der Waals surface area contributed by atoms with Gasteiger partial charge < -0.3 is 10.6 Å². The number of halogens is 1. The quantitative estimate of drug-likeness (QED) is 0.307. The Kier molecular flexibility index (Phi) is 8.83. The minimum Gasteiger partial charge on any atom is -0.357 e. The fourth-order valence-corrected chi connectivity index (χ4v) is 2.76. The predicted octanol–water partition coefficient (Wildman–Crippen LogP) is 3.54. The van der Waals surface area contributed by atoms with Crippen LogP contribution in [0.15, 0.2) is 4.99 Å². The number of hydrogen-bond acceptors (Lipinski definition) is 1. The molecule has 0 saturated heterocycles. The smallest absolute Gasteiger partial charge is 0.191 e. The maximum atomic E-state index is 4.64. The molecule has 112 valence electrons. The maximum absolute atomic E-state index is 4.64. The average molecular weight is 379 g/mol. The second-order valence-corrected chi connectivity index (χ2v) is 5.88. The Balaban J connectivity index is 0.00000180. The zero-order chi connectivity index (χ0) is 12.6. The topological polar surface area (TPSA) is 36.4 Å². The van der Waals surface area contributed by atoms with Crippen LogP contribution in [0.25, 0.3) is 0 Å². The number of guanidine groups is 1. The highest BCUT2D eigenvalue weighted by molar-refractivity contribution is 14.0. The molecule has 0 aromatic heterocycles. The number of hydrogen-bond donors (Lipinski definition) is 2. The summed E-state index contributed by atoms with van der Waals surface area (Å²) in [5.41, 5.74) is 0. The van der Waals surface area contributed by atoms with Gasteiger partial charge in [-0.3, -0.25) is 4.99 Å². The van der Waals surface area contributed by atoms with Gasteiger partial charge in [0.05, 0.1) is 0 Å². The van der Waals surface area contributed by atoms with E-state index in [-0.39, 0.29) is 24.0 Å². The third-order valence-corrected chi connectivity index (χ3v) is 4.11. The van der Waals surface area contributed by atoms with Gasteiger partial charge in [0.1, 0.15) is 0 Å². The maximum Gasteiger partial charge on any atom is 0.191 e. The van der Waals surface area contributed by atoms with E-state index in [1.165, 1.54) is 51.4 Å². The highest BCUT2D eigenvalue weighted by Crippen LogP contribution is 2.29. The van der Waals surface area contributed by atoms with E-state index in [4.69, 9.17) is 0 Å². The summed E-state index contributed by atoms with van der Waals surface area (Å²) in [6.07, 6.45) is 11.3. The first kappa shape index (κ1) is 17.1. The summed E-state index contributed by atoms with van der Waals surface area (Å²) in [5.74, 6) is 2.91. The van der Waals surface area contributed by atoms with Crippen LogP contribution in [0.2, 0.25) is 0 Å². The van der Waals surface area contributed by atoms with E-state index in [1.807, 2.05) is 0 Å². The van der Waals surface area contributed by atoms with Crippen molar-refractivity contribution in [2.45, 2.75) is 58.3 Å². The van der Waals surface area contributed by atoms with Gasteiger partial charge in [0.15, 0.2) is 5.96 Å². The van der Waals surface area contributed by atoms with Crippen molar-refractivity contribution in [1.29, 1.82) is 0 Å². The fraction of sp³-hybridized carbons (Fsp3) is 0.933. The molecule has 4 heteroatoms. The highest BCUT2D eigenvalue weighted by Gasteiger charge is 2.20. The van der Waals surface area contributed by atoms with Crippen LogP contribution in [0.1, 0.15) is 58.3 Å². The van der Waals surface area contributed by atoms with E-state index in [0.717, 1.165) is 37.4 Å². The molecule has 0 amide bonds. The number of nitrogens with zero attached hydrogens (tertiary/aromatic N) is 1. The Morgan fingerprint density at radius 1 is 1.05 bits per heavy atom. The molecular weight excluding hydrogens is 349 g/mol. The van der Waals surface area contributed by atoms with Crippen LogP contribution in [0.3, 0.4) is 0 Å². The molecule has 0 aliphatic heterocycles. The third kappa shape index (κ3) is 7.37. The molecule has 19 heavy (non-hydrogen) atoms. The first-order chi connectivity index (χ1) is 8.88. The summed E-state index contributed by atoms with van der Waals surface area (Å²) in [6.45, 7) is 5.18. The van der Waals surface area contributed by atoms with E-state index in [9.17, 15) is 0 Å². The molecule has 0 radical (unpaired) electrons. The second-order valence-electron chi connectivity index (χ2n) is 5.88. The first-order valence-electron chi connectivity index (χ1n) is 7.90. The monoisotopic (exact) mass is 379 g/mol. The van der Waals surface area contributed by atoms with E-state index in [0.29, 0.717) is 0 Å². The summed E-state index contributed by atoms with van der Waals surface area (Å²) >= 11 is 0. The molecule has 0 bridgehead atoms. The lowest BCUT2D eigenvalue weighted by Crippen LogP contribution is -2.38. The highest BCUT2D eigenvalue weighted by atomic mass is 127. The summed E-state index contributed by atoms with van der Waals surface area (Å²) in [7, 11) is 0. The van der Waals surface area contributed by atoms with Crippen LogP contribution in [0.4, 0.5) is 0 Å². The van der Waals surface area contributed by atoms with Gasteiger partial charge in [-0.05, 0) is 44.4 Å². The molecule has 0 unspecified atom stereocenters. The fourth-order valence-electron chi connectivity index (χ4n) is 2.76. The lowest BCUT2D eigenvalue weighted by atomic mass is 10.0. The molecular formula is C15H30IN3. The molecule has 2 aliphatic rings. The van der Waals surface area contributed by atoms with Gasteiger partial charge in [-0.25, -0.2) is 0 Å². The lowest BCUT2D eigenvalue weighted by Gasteiger charge is -2.12. The predicted molar refractivity (Wildman–Crippen MR) is 93.3 cm³/mol. The SMILES string of the molecule is CCNC(=NCC1CC1)NCCCC1CCCC1.I. The van der Waals surface area contributed by atoms with Crippen molar-refractivity contribution in [2.75, 3.05) is 19.6 Å². The van der Waals surface area contributed by atoms with Crippen molar-refractivity contribution in [3.05, 3.63) is 0 Å². The Morgan fingerprint density at radius 3 is 2.42 bits per heavy atom. The molecule has 3 nitrogen and oxygen atoms in total. The number of rotatable bonds is 7. The van der Waals surface area contributed by atoms with Crippen LogP contribution in [-0.4, -0.2) is 25.6 Å². The van der Waals surface area contributed by atoms with Crippen LogP contribution >= 0.6 is 24.0 Å². The van der Waals surface area contributed by atoms with Gasteiger partial charge in [-0.2, -0.15) is 0 Å². The summed E-state index contributed by atoms with van der Waals surface area (Å²) in [4.78, 5) is 4.64. The number of aliphatic imine (C=N–C) groups is 1. The van der Waals surface area contributed by atoms with Crippen molar-refractivity contribution in [1.82, 2.24) is 10.6 Å². The molecule has 0 spiro atoms. The Bertz CT molecular complexity index is 258. The second kappa shape index (κ2) is 9.83. The lowest BCUT2D eigenvalue weighted by molar-refractivity contribution is 0.481. The van der Waals surface area contributed by atoms with Crippen molar-refractivity contribution in [3.63, 3.8) is 0 Å². The largest absolute Gasteiger partial charge is 0.357 e. The molecule has 0 aromatic rings. The van der Waals surface area contributed by atoms with Gasteiger partial charge in [-0.15, -0.1) is 24.0 Å². The average Bonchev–Trinajstić information content (AvgIpc) is 3.06. The first-order valence-corrected chi connectivity index (χ1v) is 7.90. The standard InChI is InChI=1S/C15H29N3.HI/c1-2-16-15(18-12-14-9-10-14)17-11-5-8-13-6-3-4-7-13;/h13-14H,2-12H2,1H3,(H2,16,17,18);1H. The van der Waals surface area contributed by atoms with Gasteiger partial charge >= 0.3 is 0 Å². The normalized spacial score (nSPS) is 20.2. The van der Waals surface area contributed by atoms with Gasteiger partial charge in [0.25, 0.3) is 0 Å². The minimum atomic E-state index is 0. The summed E-state index contributed by atoms with van der Waals surface area (Å²) in [5, 5.41) is 6.80. The van der Waals surface area contributed by atoms with Crippen molar-refractivity contribution < 1.29 is 0 Å². The molecule has 2 aliphatic carbocycles. The van der Waals surface area contributed by atoms with E-state index in [1.54, 1.807) is 0 Å². The molecule has 2 fully saturated rings. The molecule has 0 aromatic carbocycles. The zero-order valence-corrected chi connectivity index (χ0v) is 14.6. The van der Waals surface area contributed by atoms with Crippen molar-refractivity contribution in [2.24, 2.45) is 16.8 Å². The van der Waals surface area contributed by atoms with E-state index in [2.05, 4.69) is 22.5 Å². The van der Waals surface area contributed by atoms with E-state index >= 15 is 0 Å². The van der Waals surface area contributed by atoms with Gasteiger partial charge in [-0.1, -0.05) is 25.7 Å². The molecule has 2 N–H and O–H groups in total. The van der Waals surface area contributed by atoms with Crippen LogP contribution < -0.4 is 10.6 Å².